The number of hydrogen-bond donors (Lipinski definition) is 2. The summed E-state index contributed by atoms with van der Waals surface area (Å²) in [4.78, 5) is 38.7. The van der Waals surface area contributed by atoms with E-state index in [2.05, 4.69) is 4.98 Å². The van der Waals surface area contributed by atoms with Crippen molar-refractivity contribution < 1.29 is 24.6 Å². The van der Waals surface area contributed by atoms with Crippen LogP contribution in [0.4, 0.5) is 0 Å². The fourth-order valence-electron chi connectivity index (χ4n) is 1.59. The quantitative estimate of drug-likeness (QED) is 0.762. The third-order valence-electron chi connectivity index (χ3n) is 2.71. The van der Waals surface area contributed by atoms with Crippen LogP contribution in [0, 0.1) is 5.92 Å². The fourth-order valence-corrected chi connectivity index (χ4v) is 1.59. The van der Waals surface area contributed by atoms with E-state index in [-0.39, 0.29) is 19.5 Å². The molecule has 0 saturated heterocycles. The van der Waals surface area contributed by atoms with E-state index in [1.807, 2.05) is 0 Å². The van der Waals surface area contributed by atoms with Gasteiger partial charge in [0.1, 0.15) is 0 Å². The van der Waals surface area contributed by atoms with Crippen LogP contribution in [0.5, 0.6) is 0 Å². The smallest absolute Gasteiger partial charge is 0.308 e. The van der Waals surface area contributed by atoms with Crippen molar-refractivity contribution in [2.24, 2.45) is 5.92 Å². The number of carbonyl (C=O) groups is 3. The van der Waals surface area contributed by atoms with Crippen molar-refractivity contribution in [3.8, 4) is 0 Å². The van der Waals surface area contributed by atoms with E-state index < -0.39 is 23.8 Å². The molecule has 0 aromatic carbocycles. The van der Waals surface area contributed by atoms with Gasteiger partial charge in [-0.3, -0.25) is 19.4 Å². The molecule has 7 nitrogen and oxygen atoms in total. The molecule has 7 heteroatoms. The molecule has 1 aromatic heterocycles. The third kappa shape index (κ3) is 4.68. The summed E-state index contributed by atoms with van der Waals surface area (Å²) in [6.07, 6.45) is 2.64. The van der Waals surface area contributed by atoms with Crippen LogP contribution in [0.25, 0.3) is 0 Å². The number of carboxylic acid groups (broad SMARTS) is 2. The maximum Gasteiger partial charge on any atom is 0.308 e. The number of aromatic nitrogens is 1. The summed E-state index contributed by atoms with van der Waals surface area (Å²) >= 11 is 0. The number of rotatable bonds is 7. The summed E-state index contributed by atoms with van der Waals surface area (Å²) in [5.74, 6) is -3.28. The summed E-state index contributed by atoms with van der Waals surface area (Å²) in [5.41, 5.74) is 0.301. The third-order valence-corrected chi connectivity index (χ3v) is 2.71. The molecule has 2 N–H and O–H groups in total. The van der Waals surface area contributed by atoms with Crippen molar-refractivity contribution in [3.05, 3.63) is 30.1 Å². The number of carbonyl (C=O) groups excluding carboxylic acids is 1. The lowest BCUT2D eigenvalue weighted by atomic mass is 10.1. The minimum absolute atomic E-state index is 0.0410. The highest BCUT2D eigenvalue weighted by molar-refractivity contribution is 5.94. The second kappa shape index (κ2) is 7.22. The first-order valence-electron chi connectivity index (χ1n) is 6.05. The van der Waals surface area contributed by atoms with Gasteiger partial charge in [0.05, 0.1) is 17.9 Å². The number of aliphatic carboxylic acids is 2. The van der Waals surface area contributed by atoms with Crippen LogP contribution >= 0.6 is 0 Å². The van der Waals surface area contributed by atoms with Gasteiger partial charge in [0.25, 0.3) is 5.91 Å². The molecule has 0 saturated carbocycles. The molecule has 0 aliphatic carbocycles. The monoisotopic (exact) mass is 280 g/mol. The minimum Gasteiger partial charge on any atom is -0.481 e. The molecule has 1 unspecified atom stereocenters. The van der Waals surface area contributed by atoms with Gasteiger partial charge >= 0.3 is 11.9 Å². The van der Waals surface area contributed by atoms with Gasteiger partial charge in [-0.2, -0.15) is 0 Å². The Kier molecular flexibility index (Phi) is 5.64. The van der Waals surface area contributed by atoms with Crippen LogP contribution in [0.15, 0.2) is 24.5 Å². The highest BCUT2D eigenvalue weighted by Gasteiger charge is 2.22. The van der Waals surface area contributed by atoms with Crippen molar-refractivity contribution in [1.82, 2.24) is 9.88 Å². The van der Waals surface area contributed by atoms with Gasteiger partial charge in [-0.15, -0.1) is 0 Å². The zero-order valence-corrected chi connectivity index (χ0v) is 11.0. The SMILES string of the molecule is CC(CN(CCC(=O)O)C(=O)c1cccnc1)C(=O)O. The maximum absolute atomic E-state index is 12.2. The van der Waals surface area contributed by atoms with Crippen LogP contribution in [0.3, 0.4) is 0 Å². The average molecular weight is 280 g/mol. The first-order valence-corrected chi connectivity index (χ1v) is 6.05. The second-order valence-electron chi connectivity index (χ2n) is 4.38. The van der Waals surface area contributed by atoms with Gasteiger partial charge in [0, 0.05) is 25.5 Å². The van der Waals surface area contributed by atoms with Crippen molar-refractivity contribution in [2.45, 2.75) is 13.3 Å². The van der Waals surface area contributed by atoms with E-state index in [4.69, 9.17) is 10.2 Å². The normalized spacial score (nSPS) is 11.7. The number of hydrogen-bond acceptors (Lipinski definition) is 4. The molecule has 20 heavy (non-hydrogen) atoms. The van der Waals surface area contributed by atoms with Gasteiger partial charge in [0.2, 0.25) is 0 Å². The van der Waals surface area contributed by atoms with Gasteiger partial charge in [-0.1, -0.05) is 6.92 Å². The van der Waals surface area contributed by atoms with E-state index in [1.54, 1.807) is 12.1 Å². The van der Waals surface area contributed by atoms with Crippen molar-refractivity contribution in [2.75, 3.05) is 13.1 Å². The predicted octanol–water partition coefficient (Wildman–Crippen LogP) is 0.719. The van der Waals surface area contributed by atoms with Crippen LogP contribution in [0.1, 0.15) is 23.7 Å². The first-order chi connectivity index (χ1) is 9.41. The lowest BCUT2D eigenvalue weighted by Gasteiger charge is -2.23. The second-order valence-corrected chi connectivity index (χ2v) is 4.38. The molecule has 0 aliphatic rings. The Bertz CT molecular complexity index is 489. The number of pyridine rings is 1. The van der Waals surface area contributed by atoms with Crippen LogP contribution in [-0.4, -0.2) is 51.0 Å². The van der Waals surface area contributed by atoms with E-state index in [9.17, 15) is 14.4 Å². The van der Waals surface area contributed by atoms with Crippen LogP contribution < -0.4 is 0 Å². The Labute approximate surface area is 115 Å². The van der Waals surface area contributed by atoms with Gasteiger partial charge in [-0.05, 0) is 12.1 Å². The molecule has 0 aliphatic heterocycles. The lowest BCUT2D eigenvalue weighted by molar-refractivity contribution is -0.141. The largest absolute Gasteiger partial charge is 0.481 e. The summed E-state index contributed by atoms with van der Waals surface area (Å²) in [5, 5.41) is 17.6. The molecule has 1 atom stereocenters. The Morgan fingerprint density at radius 3 is 2.55 bits per heavy atom. The Hall–Kier alpha value is -2.44. The predicted molar refractivity (Wildman–Crippen MR) is 69.2 cm³/mol. The van der Waals surface area contributed by atoms with E-state index in [0.717, 1.165) is 0 Å². The summed E-state index contributed by atoms with van der Waals surface area (Å²) in [6.45, 7) is 1.38. The molecule has 1 aromatic rings. The highest BCUT2D eigenvalue weighted by Crippen LogP contribution is 2.08. The van der Waals surface area contributed by atoms with E-state index >= 15 is 0 Å². The van der Waals surface area contributed by atoms with Gasteiger partial charge in [-0.25, -0.2) is 0 Å². The molecule has 108 valence electrons. The summed E-state index contributed by atoms with van der Waals surface area (Å²) < 4.78 is 0. The highest BCUT2D eigenvalue weighted by atomic mass is 16.4. The number of amides is 1. The Balaban J connectivity index is 2.83. The fraction of sp³-hybridized carbons (Fsp3) is 0.385. The van der Waals surface area contributed by atoms with Crippen molar-refractivity contribution in [1.29, 1.82) is 0 Å². The lowest BCUT2D eigenvalue weighted by Crippen LogP contribution is -2.38. The number of carboxylic acids is 2. The summed E-state index contributed by atoms with van der Waals surface area (Å²) in [6, 6.07) is 3.14. The van der Waals surface area contributed by atoms with Crippen LogP contribution in [0.2, 0.25) is 0 Å². The molecule has 0 spiro atoms. The Morgan fingerprint density at radius 1 is 1.35 bits per heavy atom. The van der Waals surface area contributed by atoms with E-state index in [1.165, 1.54) is 24.2 Å². The zero-order valence-electron chi connectivity index (χ0n) is 11.0. The van der Waals surface area contributed by atoms with E-state index in [0.29, 0.717) is 5.56 Å². The first kappa shape index (κ1) is 15.6. The maximum atomic E-state index is 12.2. The van der Waals surface area contributed by atoms with Crippen molar-refractivity contribution >= 4 is 17.8 Å². The minimum atomic E-state index is -1.04. The number of nitrogens with zero attached hydrogens (tertiary/aromatic N) is 2. The molecule has 1 rings (SSSR count). The molecule has 1 heterocycles. The Morgan fingerprint density at radius 2 is 2.05 bits per heavy atom. The van der Waals surface area contributed by atoms with Gasteiger partial charge < -0.3 is 15.1 Å². The van der Waals surface area contributed by atoms with Gasteiger partial charge in [0.15, 0.2) is 0 Å². The summed E-state index contributed by atoms with van der Waals surface area (Å²) in [7, 11) is 0. The van der Waals surface area contributed by atoms with Crippen molar-refractivity contribution in [3.63, 3.8) is 0 Å². The average Bonchev–Trinajstić information content (AvgIpc) is 2.43. The van der Waals surface area contributed by atoms with Crippen LogP contribution in [-0.2, 0) is 9.59 Å². The zero-order chi connectivity index (χ0) is 15.1. The molecular weight excluding hydrogens is 264 g/mol. The molecular formula is C13H16N2O5. The standard InChI is InChI=1S/C13H16N2O5/c1-9(13(19)20)8-15(6-4-11(16)17)12(18)10-3-2-5-14-7-10/h2-3,5,7,9H,4,6,8H2,1H3,(H,16,17)(H,19,20). The topological polar surface area (TPSA) is 108 Å². The molecule has 0 radical (unpaired) electrons. The molecule has 0 fully saturated rings. The molecule has 0 bridgehead atoms. The molecule has 1 amide bonds.